The number of ether oxygens (including phenoxy) is 1. The summed E-state index contributed by atoms with van der Waals surface area (Å²) in [6, 6.07) is 9.85. The van der Waals surface area contributed by atoms with Crippen molar-refractivity contribution in [1.82, 2.24) is 0 Å². The molecule has 2 fully saturated rings. The molecule has 0 aromatic heterocycles. The Kier molecular flexibility index (Phi) is 3.83. The summed E-state index contributed by atoms with van der Waals surface area (Å²) in [6.07, 6.45) is 6.68. The van der Waals surface area contributed by atoms with Gasteiger partial charge in [-0.1, -0.05) is 24.3 Å². The van der Waals surface area contributed by atoms with Gasteiger partial charge in [-0.3, -0.25) is 4.21 Å². The fourth-order valence-electron chi connectivity index (χ4n) is 3.29. The van der Waals surface area contributed by atoms with Gasteiger partial charge in [0.05, 0.1) is 16.9 Å². The molecule has 108 valence electrons. The standard InChI is InChI=1S/C17H22O2S/c1-3-13-12-15(10-7-11-16-17(13,2)19-16)20(18)14-8-5-4-6-9-14/h3-6,8-9,15-16H,7,10-12H2,1-2H3/b13-3+/t15-,16-,17+,20?/m1/s1. The van der Waals surface area contributed by atoms with Crippen LogP contribution in [0.2, 0.25) is 0 Å². The third-order valence-corrected chi connectivity index (χ3v) is 6.39. The fraction of sp³-hybridized carbons (Fsp3) is 0.529. The van der Waals surface area contributed by atoms with Gasteiger partial charge >= 0.3 is 0 Å². The first-order valence-corrected chi connectivity index (χ1v) is 8.65. The molecule has 3 rings (SSSR count). The summed E-state index contributed by atoms with van der Waals surface area (Å²) in [4.78, 5) is 0.951. The second-order valence-electron chi connectivity index (χ2n) is 5.89. The van der Waals surface area contributed by atoms with E-state index in [1.165, 1.54) is 5.57 Å². The number of hydrogen-bond donors (Lipinski definition) is 0. The van der Waals surface area contributed by atoms with Crippen LogP contribution in [0.25, 0.3) is 0 Å². The van der Waals surface area contributed by atoms with Crippen molar-refractivity contribution in [3.63, 3.8) is 0 Å². The quantitative estimate of drug-likeness (QED) is 0.612. The average Bonchev–Trinajstić information content (AvgIpc) is 3.11. The van der Waals surface area contributed by atoms with Gasteiger partial charge in [-0.05, 0) is 57.2 Å². The number of fused-ring (bicyclic) bond motifs is 1. The Morgan fingerprint density at radius 1 is 1.30 bits per heavy atom. The minimum atomic E-state index is -0.922. The van der Waals surface area contributed by atoms with Gasteiger partial charge < -0.3 is 4.74 Å². The Balaban J connectivity index is 1.81. The van der Waals surface area contributed by atoms with Gasteiger partial charge in [-0.2, -0.15) is 0 Å². The molecule has 1 heterocycles. The summed E-state index contributed by atoms with van der Waals surface area (Å²) in [7, 11) is -0.922. The van der Waals surface area contributed by atoms with Gasteiger partial charge in [-0.25, -0.2) is 0 Å². The molecule has 0 bridgehead atoms. The molecule has 0 radical (unpaired) electrons. The van der Waals surface area contributed by atoms with E-state index in [4.69, 9.17) is 4.74 Å². The van der Waals surface area contributed by atoms with Crippen molar-refractivity contribution in [2.45, 2.75) is 61.4 Å². The van der Waals surface area contributed by atoms with E-state index in [2.05, 4.69) is 19.9 Å². The van der Waals surface area contributed by atoms with E-state index in [1.54, 1.807) is 0 Å². The van der Waals surface area contributed by atoms with Crippen LogP contribution < -0.4 is 0 Å². The normalized spacial score (nSPS) is 36.8. The maximum atomic E-state index is 12.8. The third kappa shape index (κ3) is 2.49. The zero-order valence-electron chi connectivity index (χ0n) is 12.2. The first kappa shape index (κ1) is 14.0. The Morgan fingerprint density at radius 2 is 2.05 bits per heavy atom. The first-order chi connectivity index (χ1) is 9.65. The lowest BCUT2D eigenvalue weighted by molar-refractivity contribution is 0.328. The molecule has 1 aromatic carbocycles. The van der Waals surface area contributed by atoms with Crippen LogP contribution in [0.4, 0.5) is 0 Å². The Morgan fingerprint density at radius 3 is 2.75 bits per heavy atom. The van der Waals surface area contributed by atoms with Crippen LogP contribution in [0.15, 0.2) is 46.9 Å². The molecule has 0 amide bonds. The van der Waals surface area contributed by atoms with Gasteiger partial charge in [0.15, 0.2) is 0 Å². The minimum absolute atomic E-state index is 0.0751. The molecule has 0 N–H and O–H groups in total. The maximum Gasteiger partial charge on any atom is 0.113 e. The summed E-state index contributed by atoms with van der Waals surface area (Å²) >= 11 is 0. The van der Waals surface area contributed by atoms with Gasteiger partial charge in [0.25, 0.3) is 0 Å². The largest absolute Gasteiger partial charge is 0.362 e. The molecular formula is C17H22O2S. The lowest BCUT2D eigenvalue weighted by atomic mass is 9.87. The minimum Gasteiger partial charge on any atom is -0.362 e. The number of rotatable bonds is 2. The van der Waals surface area contributed by atoms with Crippen LogP contribution >= 0.6 is 0 Å². The number of benzene rings is 1. The van der Waals surface area contributed by atoms with Crippen LogP contribution in [-0.2, 0) is 15.5 Å². The predicted molar refractivity (Wildman–Crippen MR) is 82.1 cm³/mol. The Labute approximate surface area is 123 Å². The highest BCUT2D eigenvalue weighted by molar-refractivity contribution is 7.85. The van der Waals surface area contributed by atoms with Crippen molar-refractivity contribution < 1.29 is 8.95 Å². The van der Waals surface area contributed by atoms with Crippen LogP contribution in [-0.4, -0.2) is 21.2 Å². The lowest BCUT2D eigenvalue weighted by Crippen LogP contribution is -2.25. The highest BCUT2D eigenvalue weighted by Gasteiger charge is 2.55. The van der Waals surface area contributed by atoms with Crippen molar-refractivity contribution in [2.75, 3.05) is 0 Å². The van der Waals surface area contributed by atoms with E-state index in [1.807, 2.05) is 30.3 Å². The van der Waals surface area contributed by atoms with Crippen molar-refractivity contribution in [2.24, 2.45) is 0 Å². The second-order valence-corrected chi connectivity index (χ2v) is 7.63. The van der Waals surface area contributed by atoms with E-state index < -0.39 is 10.8 Å². The molecule has 1 saturated carbocycles. The monoisotopic (exact) mass is 290 g/mol. The second kappa shape index (κ2) is 5.45. The SMILES string of the molecule is C/C=C1\C[C@H](S(=O)c2ccccc2)CCC[C@H]2O[C@@]12C. The summed E-state index contributed by atoms with van der Waals surface area (Å²) in [5, 5.41) is 0.213. The number of epoxide rings is 1. The highest BCUT2D eigenvalue weighted by atomic mass is 32.2. The molecule has 4 atom stereocenters. The smallest absolute Gasteiger partial charge is 0.113 e. The predicted octanol–water partition coefficient (Wildman–Crippen LogP) is 3.84. The highest BCUT2D eigenvalue weighted by Crippen LogP contribution is 2.49. The van der Waals surface area contributed by atoms with Crippen molar-refractivity contribution >= 4 is 10.8 Å². The summed E-state index contributed by atoms with van der Waals surface area (Å²) in [5.74, 6) is 0. The molecule has 1 aromatic rings. The zero-order chi connectivity index (χ0) is 14.2. The molecule has 1 unspecified atom stereocenters. The van der Waals surface area contributed by atoms with Gasteiger partial charge in [-0.15, -0.1) is 0 Å². The topological polar surface area (TPSA) is 29.6 Å². The van der Waals surface area contributed by atoms with E-state index in [0.717, 1.165) is 30.6 Å². The van der Waals surface area contributed by atoms with Gasteiger partial charge in [0.2, 0.25) is 0 Å². The van der Waals surface area contributed by atoms with E-state index in [0.29, 0.717) is 6.10 Å². The number of hydrogen-bond acceptors (Lipinski definition) is 2. The average molecular weight is 290 g/mol. The van der Waals surface area contributed by atoms with Crippen molar-refractivity contribution in [3.05, 3.63) is 42.0 Å². The van der Waals surface area contributed by atoms with Gasteiger partial charge in [0.1, 0.15) is 5.60 Å². The fourth-order valence-corrected chi connectivity index (χ4v) is 4.82. The van der Waals surface area contributed by atoms with Crippen LogP contribution in [0.5, 0.6) is 0 Å². The summed E-state index contributed by atoms with van der Waals surface area (Å²) in [5.41, 5.74) is 1.25. The van der Waals surface area contributed by atoms with Crippen LogP contribution in [0.1, 0.15) is 39.5 Å². The molecule has 1 saturated heterocycles. The van der Waals surface area contributed by atoms with E-state index >= 15 is 0 Å². The third-order valence-electron chi connectivity index (χ3n) is 4.65. The molecule has 20 heavy (non-hydrogen) atoms. The Bertz CT molecular complexity index is 537. The van der Waals surface area contributed by atoms with Crippen LogP contribution in [0.3, 0.4) is 0 Å². The van der Waals surface area contributed by atoms with E-state index in [9.17, 15) is 4.21 Å². The zero-order valence-corrected chi connectivity index (χ0v) is 13.0. The van der Waals surface area contributed by atoms with Crippen molar-refractivity contribution in [3.8, 4) is 0 Å². The maximum absolute atomic E-state index is 12.8. The summed E-state index contributed by atoms with van der Waals surface area (Å²) in [6.45, 7) is 4.25. The Hall–Kier alpha value is -0.930. The molecule has 3 heteroatoms. The molecule has 2 aliphatic rings. The lowest BCUT2D eigenvalue weighted by Gasteiger charge is -2.23. The molecule has 1 aliphatic heterocycles. The number of allylic oxidation sites excluding steroid dienone is 1. The molecule has 0 spiro atoms. The van der Waals surface area contributed by atoms with E-state index in [-0.39, 0.29) is 10.9 Å². The van der Waals surface area contributed by atoms with Crippen molar-refractivity contribution in [1.29, 1.82) is 0 Å². The van der Waals surface area contributed by atoms with Crippen LogP contribution in [0, 0.1) is 0 Å². The van der Waals surface area contributed by atoms with Gasteiger partial charge in [0, 0.05) is 10.1 Å². The molecule has 2 nitrogen and oxygen atoms in total. The summed E-state index contributed by atoms with van der Waals surface area (Å²) < 4.78 is 18.7. The molecule has 1 aliphatic carbocycles. The first-order valence-electron chi connectivity index (χ1n) is 7.44. The molecular weight excluding hydrogens is 268 g/mol.